The van der Waals surface area contributed by atoms with Gasteiger partial charge in [-0.1, -0.05) is 23.8 Å². The van der Waals surface area contributed by atoms with E-state index in [1.807, 2.05) is 17.0 Å². The van der Waals surface area contributed by atoms with E-state index in [1.54, 1.807) is 24.4 Å². The van der Waals surface area contributed by atoms with Gasteiger partial charge in [0.1, 0.15) is 5.69 Å². The molecule has 0 atom stereocenters. The van der Waals surface area contributed by atoms with E-state index in [1.165, 1.54) is 24.0 Å². The fourth-order valence-electron chi connectivity index (χ4n) is 3.91. The van der Waals surface area contributed by atoms with Crippen LogP contribution in [0.4, 0.5) is 5.69 Å². The Labute approximate surface area is 165 Å². The fraction of sp³-hybridized carbons (Fsp3) is 0.348. The highest BCUT2D eigenvalue weighted by molar-refractivity contribution is 6.02. The molecule has 2 amide bonds. The number of anilines is 1. The fourth-order valence-corrected chi connectivity index (χ4v) is 3.91. The van der Waals surface area contributed by atoms with Gasteiger partial charge in [-0.25, -0.2) is 0 Å². The first-order chi connectivity index (χ1) is 13.7. The SMILES string of the molecule is O=C(Nc1ccc2c(c1)CN(C(=O)CC1=CCCCC1)CC2)c1ccccn1. The zero-order valence-electron chi connectivity index (χ0n) is 16.0. The van der Waals surface area contributed by atoms with Crippen LogP contribution in [0.5, 0.6) is 0 Å². The van der Waals surface area contributed by atoms with Crippen molar-refractivity contribution in [2.75, 3.05) is 11.9 Å². The van der Waals surface area contributed by atoms with Gasteiger partial charge in [-0.3, -0.25) is 14.6 Å². The minimum absolute atomic E-state index is 0.210. The molecule has 28 heavy (non-hydrogen) atoms. The van der Waals surface area contributed by atoms with Crippen molar-refractivity contribution in [2.24, 2.45) is 0 Å². The second kappa shape index (κ2) is 8.38. The highest BCUT2D eigenvalue weighted by Crippen LogP contribution is 2.26. The predicted molar refractivity (Wildman–Crippen MR) is 109 cm³/mol. The van der Waals surface area contributed by atoms with E-state index in [2.05, 4.69) is 22.4 Å². The lowest BCUT2D eigenvalue weighted by molar-refractivity contribution is -0.131. The van der Waals surface area contributed by atoms with Crippen molar-refractivity contribution in [3.05, 3.63) is 71.1 Å². The first kappa shape index (κ1) is 18.4. The molecule has 0 bridgehead atoms. The maximum atomic E-state index is 12.7. The summed E-state index contributed by atoms with van der Waals surface area (Å²) in [5, 5.41) is 2.90. The van der Waals surface area contributed by atoms with Gasteiger partial charge in [0, 0.05) is 31.4 Å². The number of hydrogen-bond donors (Lipinski definition) is 1. The van der Waals surface area contributed by atoms with Gasteiger partial charge in [0.15, 0.2) is 0 Å². The van der Waals surface area contributed by atoms with Crippen LogP contribution in [0.2, 0.25) is 0 Å². The Kier molecular flexibility index (Phi) is 5.51. The van der Waals surface area contributed by atoms with Crippen molar-refractivity contribution in [2.45, 2.75) is 45.1 Å². The predicted octanol–water partition coefficient (Wildman–Crippen LogP) is 4.11. The van der Waals surface area contributed by atoms with Crippen molar-refractivity contribution >= 4 is 17.5 Å². The van der Waals surface area contributed by atoms with Gasteiger partial charge in [-0.2, -0.15) is 0 Å². The zero-order chi connectivity index (χ0) is 19.3. The summed E-state index contributed by atoms with van der Waals surface area (Å²) < 4.78 is 0. The molecule has 5 nitrogen and oxygen atoms in total. The van der Waals surface area contributed by atoms with E-state index in [9.17, 15) is 9.59 Å². The molecule has 2 heterocycles. The minimum atomic E-state index is -0.228. The number of carbonyl (C=O) groups excluding carboxylic acids is 2. The van der Waals surface area contributed by atoms with E-state index in [-0.39, 0.29) is 11.8 Å². The largest absolute Gasteiger partial charge is 0.338 e. The standard InChI is InChI=1S/C23H25N3O2/c27-22(14-17-6-2-1-3-7-17)26-13-11-18-9-10-20(15-19(18)16-26)25-23(28)21-8-4-5-12-24-21/h4-6,8-10,12,15H,1-3,7,11,13-14,16H2,(H,25,28). The first-order valence-corrected chi connectivity index (χ1v) is 9.99. The van der Waals surface area contributed by atoms with Crippen LogP contribution in [0, 0.1) is 0 Å². The lowest BCUT2D eigenvalue weighted by Crippen LogP contribution is -2.36. The Hall–Kier alpha value is -2.95. The number of nitrogens with zero attached hydrogens (tertiary/aromatic N) is 2. The van der Waals surface area contributed by atoms with E-state index in [0.29, 0.717) is 18.7 Å². The summed E-state index contributed by atoms with van der Waals surface area (Å²) in [6.07, 6.45) is 9.84. The van der Waals surface area contributed by atoms with E-state index in [0.717, 1.165) is 37.1 Å². The molecule has 1 N–H and O–H groups in total. The number of rotatable bonds is 4. The van der Waals surface area contributed by atoms with Crippen LogP contribution >= 0.6 is 0 Å². The monoisotopic (exact) mass is 375 g/mol. The molecule has 0 radical (unpaired) electrons. The number of allylic oxidation sites excluding steroid dienone is 1. The van der Waals surface area contributed by atoms with Gasteiger partial charge in [0.2, 0.25) is 5.91 Å². The Morgan fingerprint density at radius 2 is 2.00 bits per heavy atom. The molecule has 144 valence electrons. The number of fused-ring (bicyclic) bond motifs is 1. The van der Waals surface area contributed by atoms with Crippen molar-refractivity contribution < 1.29 is 9.59 Å². The molecule has 4 rings (SSSR count). The Morgan fingerprint density at radius 3 is 2.79 bits per heavy atom. The van der Waals surface area contributed by atoms with Crippen LogP contribution in [-0.2, 0) is 17.8 Å². The van der Waals surface area contributed by atoms with Crippen molar-refractivity contribution in [1.29, 1.82) is 0 Å². The van der Waals surface area contributed by atoms with Gasteiger partial charge >= 0.3 is 0 Å². The number of amides is 2. The summed E-state index contributed by atoms with van der Waals surface area (Å²) in [7, 11) is 0. The van der Waals surface area contributed by atoms with Gasteiger partial charge in [-0.05, 0) is 67.5 Å². The maximum absolute atomic E-state index is 12.7. The normalized spacial score (nSPS) is 16.1. The maximum Gasteiger partial charge on any atom is 0.274 e. The summed E-state index contributed by atoms with van der Waals surface area (Å²) in [5.74, 6) is -0.0183. The number of benzene rings is 1. The first-order valence-electron chi connectivity index (χ1n) is 9.99. The molecule has 1 aliphatic carbocycles. The quantitative estimate of drug-likeness (QED) is 0.818. The average Bonchev–Trinajstić information content (AvgIpc) is 2.74. The van der Waals surface area contributed by atoms with E-state index < -0.39 is 0 Å². The van der Waals surface area contributed by atoms with Crippen LogP contribution in [-0.4, -0.2) is 28.2 Å². The minimum Gasteiger partial charge on any atom is -0.338 e. The highest BCUT2D eigenvalue weighted by Gasteiger charge is 2.22. The van der Waals surface area contributed by atoms with Crippen LogP contribution in [0.3, 0.4) is 0 Å². The average molecular weight is 375 g/mol. The van der Waals surface area contributed by atoms with Crippen molar-refractivity contribution in [3.63, 3.8) is 0 Å². The van der Waals surface area contributed by atoms with Crippen LogP contribution in [0.25, 0.3) is 0 Å². The van der Waals surface area contributed by atoms with E-state index in [4.69, 9.17) is 0 Å². The molecule has 0 spiro atoms. The number of hydrogen-bond acceptors (Lipinski definition) is 3. The van der Waals surface area contributed by atoms with E-state index >= 15 is 0 Å². The molecule has 5 heteroatoms. The second-order valence-corrected chi connectivity index (χ2v) is 7.50. The van der Waals surface area contributed by atoms with Gasteiger partial charge < -0.3 is 10.2 Å². The molecular formula is C23H25N3O2. The number of carbonyl (C=O) groups is 2. The third kappa shape index (κ3) is 4.30. The molecular weight excluding hydrogens is 350 g/mol. The smallest absolute Gasteiger partial charge is 0.274 e. The lowest BCUT2D eigenvalue weighted by atomic mass is 9.95. The summed E-state index contributed by atoms with van der Waals surface area (Å²) in [5.41, 5.74) is 4.77. The van der Waals surface area contributed by atoms with Gasteiger partial charge in [0.05, 0.1) is 0 Å². The Balaban J connectivity index is 1.43. The molecule has 0 saturated carbocycles. The summed E-state index contributed by atoms with van der Waals surface area (Å²) in [4.78, 5) is 31.1. The number of aromatic nitrogens is 1. The lowest BCUT2D eigenvalue weighted by Gasteiger charge is -2.30. The molecule has 1 aliphatic heterocycles. The molecule has 1 aromatic carbocycles. The Morgan fingerprint density at radius 1 is 1.07 bits per heavy atom. The molecule has 2 aromatic rings. The molecule has 0 unspecified atom stereocenters. The van der Waals surface area contributed by atoms with Crippen LogP contribution in [0.1, 0.15) is 53.7 Å². The van der Waals surface area contributed by atoms with Crippen LogP contribution < -0.4 is 5.32 Å². The summed E-state index contributed by atoms with van der Waals surface area (Å²) in [6, 6.07) is 11.2. The van der Waals surface area contributed by atoms with Crippen molar-refractivity contribution in [3.8, 4) is 0 Å². The van der Waals surface area contributed by atoms with Gasteiger partial charge in [0.25, 0.3) is 5.91 Å². The third-order valence-corrected chi connectivity index (χ3v) is 5.49. The molecule has 0 fully saturated rings. The highest BCUT2D eigenvalue weighted by atomic mass is 16.2. The molecule has 1 aromatic heterocycles. The Bertz CT molecular complexity index is 905. The van der Waals surface area contributed by atoms with Crippen LogP contribution in [0.15, 0.2) is 54.2 Å². The zero-order valence-corrected chi connectivity index (χ0v) is 16.0. The van der Waals surface area contributed by atoms with Crippen molar-refractivity contribution in [1.82, 2.24) is 9.88 Å². The second-order valence-electron chi connectivity index (χ2n) is 7.50. The number of pyridine rings is 1. The summed E-state index contributed by atoms with van der Waals surface area (Å²) in [6.45, 7) is 1.37. The topological polar surface area (TPSA) is 62.3 Å². The molecule has 2 aliphatic rings. The number of nitrogens with one attached hydrogen (secondary N) is 1. The molecule has 0 saturated heterocycles. The summed E-state index contributed by atoms with van der Waals surface area (Å²) >= 11 is 0. The third-order valence-electron chi connectivity index (χ3n) is 5.49. The van der Waals surface area contributed by atoms with Gasteiger partial charge in [-0.15, -0.1) is 0 Å².